The van der Waals surface area contributed by atoms with E-state index in [0.717, 1.165) is 74.2 Å². The number of rotatable bonds is 4. The Balaban J connectivity index is 1.23. The van der Waals surface area contributed by atoms with Crippen molar-refractivity contribution in [3.63, 3.8) is 0 Å². The van der Waals surface area contributed by atoms with E-state index >= 15 is 0 Å². The van der Waals surface area contributed by atoms with E-state index in [1.54, 1.807) is 17.7 Å². The number of pyridine rings is 1. The van der Waals surface area contributed by atoms with Crippen molar-refractivity contribution >= 4 is 11.6 Å². The van der Waals surface area contributed by atoms with Gasteiger partial charge in [0.25, 0.3) is 0 Å². The molecule has 3 heterocycles. The highest BCUT2D eigenvalue weighted by molar-refractivity contribution is 5.79. The molecule has 168 valence electrons. The lowest BCUT2D eigenvalue weighted by Gasteiger charge is -2.35. The molecular formula is C25H29FN4O2. The molecule has 1 aliphatic carbocycles. The van der Waals surface area contributed by atoms with Crippen LogP contribution in [-0.2, 0) is 9.53 Å². The summed E-state index contributed by atoms with van der Waals surface area (Å²) in [6.07, 6.45) is 7.79. The van der Waals surface area contributed by atoms with Crippen LogP contribution in [0.2, 0.25) is 0 Å². The number of benzene rings is 1. The Hall–Kier alpha value is -2.80. The number of hydrogen-bond donors (Lipinski definition) is 0. The third-order valence-corrected chi connectivity index (χ3v) is 7.03. The molecule has 1 saturated heterocycles. The summed E-state index contributed by atoms with van der Waals surface area (Å²) in [4.78, 5) is 19.7. The molecule has 1 saturated carbocycles. The number of carbonyl (C=O) groups excluding carboxylic acids is 1. The number of piperidine rings is 1. The molecule has 0 spiro atoms. The number of fused-ring (bicyclic) bond motifs is 1. The first-order chi connectivity index (χ1) is 15.6. The number of aromatic nitrogens is 3. The van der Waals surface area contributed by atoms with Crippen molar-refractivity contribution in [3.8, 4) is 11.1 Å². The summed E-state index contributed by atoms with van der Waals surface area (Å²) in [5.74, 6) is 1.28. The minimum absolute atomic E-state index is 0.146. The van der Waals surface area contributed by atoms with E-state index in [2.05, 4.69) is 0 Å². The Morgan fingerprint density at radius 2 is 1.81 bits per heavy atom. The predicted octanol–water partition coefficient (Wildman–Crippen LogP) is 4.45. The summed E-state index contributed by atoms with van der Waals surface area (Å²) in [5.41, 5.74) is 2.50. The molecule has 1 aromatic carbocycles. The van der Waals surface area contributed by atoms with Crippen LogP contribution in [0.5, 0.6) is 0 Å². The molecule has 0 atom stereocenters. The van der Waals surface area contributed by atoms with Crippen molar-refractivity contribution in [3.05, 3.63) is 54.2 Å². The molecule has 0 radical (unpaired) electrons. The van der Waals surface area contributed by atoms with Gasteiger partial charge < -0.3 is 9.64 Å². The van der Waals surface area contributed by atoms with Gasteiger partial charge in [0.1, 0.15) is 5.82 Å². The second-order valence-electron chi connectivity index (χ2n) is 9.01. The molecule has 1 aliphatic heterocycles. The normalized spacial score (nSPS) is 22.4. The fourth-order valence-corrected chi connectivity index (χ4v) is 5.07. The van der Waals surface area contributed by atoms with Crippen LogP contribution in [0.1, 0.15) is 50.3 Å². The SMILES string of the molecule is COC1CCC(C(=O)N2CCC(c3nc4ccc(-c5cccc(F)c5)cn4n3)CC2)CC1. The summed E-state index contributed by atoms with van der Waals surface area (Å²) in [7, 11) is 1.76. The van der Waals surface area contributed by atoms with E-state index in [1.165, 1.54) is 12.1 Å². The van der Waals surface area contributed by atoms with Crippen LogP contribution in [0.4, 0.5) is 4.39 Å². The highest BCUT2D eigenvalue weighted by Gasteiger charge is 2.32. The van der Waals surface area contributed by atoms with E-state index in [-0.39, 0.29) is 17.7 Å². The Labute approximate surface area is 187 Å². The van der Waals surface area contributed by atoms with Gasteiger partial charge in [0.15, 0.2) is 11.5 Å². The molecule has 7 heteroatoms. The molecular weight excluding hydrogens is 407 g/mol. The van der Waals surface area contributed by atoms with Crippen molar-refractivity contribution < 1.29 is 13.9 Å². The third kappa shape index (κ3) is 4.26. The molecule has 0 unspecified atom stereocenters. The van der Waals surface area contributed by atoms with Gasteiger partial charge in [-0.05, 0) is 68.4 Å². The van der Waals surface area contributed by atoms with E-state index in [1.807, 2.05) is 29.3 Å². The van der Waals surface area contributed by atoms with Crippen molar-refractivity contribution in [1.82, 2.24) is 19.5 Å². The van der Waals surface area contributed by atoms with Crippen LogP contribution >= 0.6 is 0 Å². The number of ether oxygens (including phenoxy) is 1. The number of halogens is 1. The van der Waals surface area contributed by atoms with Gasteiger partial charge >= 0.3 is 0 Å². The van der Waals surface area contributed by atoms with E-state index in [4.69, 9.17) is 14.8 Å². The second kappa shape index (κ2) is 8.98. The predicted molar refractivity (Wildman–Crippen MR) is 120 cm³/mol. The summed E-state index contributed by atoms with van der Waals surface area (Å²) in [6.45, 7) is 1.52. The van der Waals surface area contributed by atoms with Crippen LogP contribution in [0.25, 0.3) is 16.8 Å². The molecule has 6 nitrogen and oxygen atoms in total. The number of hydrogen-bond acceptors (Lipinski definition) is 4. The van der Waals surface area contributed by atoms with Gasteiger partial charge in [0, 0.05) is 43.8 Å². The lowest BCUT2D eigenvalue weighted by molar-refractivity contribution is -0.138. The van der Waals surface area contributed by atoms with Crippen LogP contribution in [0.15, 0.2) is 42.6 Å². The lowest BCUT2D eigenvalue weighted by Crippen LogP contribution is -2.42. The number of likely N-dealkylation sites (tertiary alicyclic amines) is 1. The Bertz CT molecular complexity index is 1100. The zero-order valence-corrected chi connectivity index (χ0v) is 18.4. The summed E-state index contributed by atoms with van der Waals surface area (Å²) in [5, 5.41) is 4.72. The zero-order chi connectivity index (χ0) is 22.1. The third-order valence-electron chi connectivity index (χ3n) is 7.03. The lowest BCUT2D eigenvalue weighted by atomic mass is 9.85. The largest absolute Gasteiger partial charge is 0.381 e. The van der Waals surface area contributed by atoms with Crippen LogP contribution in [-0.4, -0.2) is 51.7 Å². The summed E-state index contributed by atoms with van der Waals surface area (Å²) >= 11 is 0. The van der Waals surface area contributed by atoms with Gasteiger partial charge in [-0.25, -0.2) is 13.9 Å². The molecule has 32 heavy (non-hydrogen) atoms. The first-order valence-electron chi connectivity index (χ1n) is 11.5. The highest BCUT2D eigenvalue weighted by Crippen LogP contribution is 2.31. The van der Waals surface area contributed by atoms with Crippen molar-refractivity contribution in [2.45, 2.75) is 50.5 Å². The maximum atomic E-state index is 13.6. The minimum Gasteiger partial charge on any atom is -0.381 e. The van der Waals surface area contributed by atoms with Gasteiger partial charge in [0.05, 0.1) is 6.10 Å². The van der Waals surface area contributed by atoms with Crippen LogP contribution in [0, 0.1) is 11.7 Å². The Kier molecular flexibility index (Phi) is 5.91. The van der Waals surface area contributed by atoms with Crippen LogP contribution in [0.3, 0.4) is 0 Å². The molecule has 5 rings (SSSR count). The van der Waals surface area contributed by atoms with E-state index < -0.39 is 0 Å². The summed E-state index contributed by atoms with van der Waals surface area (Å²) in [6, 6.07) is 10.4. The van der Waals surface area contributed by atoms with Crippen LogP contribution < -0.4 is 0 Å². The number of methoxy groups -OCH3 is 1. The molecule has 2 aromatic heterocycles. The van der Waals surface area contributed by atoms with E-state index in [0.29, 0.717) is 12.0 Å². The fraction of sp³-hybridized carbons (Fsp3) is 0.480. The quantitative estimate of drug-likeness (QED) is 0.606. The standard InChI is InChI=1S/C25H29FN4O2/c1-32-22-8-5-18(6-9-22)25(31)29-13-11-17(12-14-29)24-27-23-10-7-20(16-30(23)28-24)19-3-2-4-21(26)15-19/h2-4,7,10,15-18,22H,5-6,8-9,11-14H2,1H3. The van der Waals surface area contributed by atoms with Crippen molar-refractivity contribution in [2.24, 2.45) is 5.92 Å². The number of carbonyl (C=O) groups is 1. The minimum atomic E-state index is -0.255. The molecule has 2 aliphatic rings. The average molecular weight is 437 g/mol. The first-order valence-corrected chi connectivity index (χ1v) is 11.5. The maximum absolute atomic E-state index is 13.6. The van der Waals surface area contributed by atoms with Crippen molar-refractivity contribution in [1.29, 1.82) is 0 Å². The summed E-state index contributed by atoms with van der Waals surface area (Å²) < 4.78 is 20.8. The molecule has 1 amide bonds. The van der Waals surface area contributed by atoms with Gasteiger partial charge in [-0.15, -0.1) is 0 Å². The monoisotopic (exact) mass is 436 g/mol. The maximum Gasteiger partial charge on any atom is 0.225 e. The number of nitrogens with zero attached hydrogens (tertiary/aromatic N) is 4. The van der Waals surface area contributed by atoms with Gasteiger partial charge in [0.2, 0.25) is 5.91 Å². The molecule has 0 N–H and O–H groups in total. The second-order valence-corrected chi connectivity index (χ2v) is 9.01. The van der Waals surface area contributed by atoms with Gasteiger partial charge in [-0.1, -0.05) is 12.1 Å². The number of amides is 1. The fourth-order valence-electron chi connectivity index (χ4n) is 5.07. The molecule has 3 aromatic rings. The van der Waals surface area contributed by atoms with E-state index in [9.17, 15) is 9.18 Å². The zero-order valence-electron chi connectivity index (χ0n) is 18.4. The van der Waals surface area contributed by atoms with Gasteiger partial charge in [-0.3, -0.25) is 4.79 Å². The Morgan fingerprint density at radius 3 is 2.53 bits per heavy atom. The average Bonchev–Trinajstić information content (AvgIpc) is 3.27. The topological polar surface area (TPSA) is 59.7 Å². The molecule has 2 fully saturated rings. The molecule has 0 bridgehead atoms. The Morgan fingerprint density at radius 1 is 1.03 bits per heavy atom. The highest BCUT2D eigenvalue weighted by atomic mass is 19.1. The smallest absolute Gasteiger partial charge is 0.225 e. The first kappa shape index (κ1) is 21.1. The van der Waals surface area contributed by atoms with Crippen molar-refractivity contribution in [2.75, 3.05) is 20.2 Å². The van der Waals surface area contributed by atoms with Gasteiger partial charge in [-0.2, -0.15) is 5.10 Å².